The summed E-state index contributed by atoms with van der Waals surface area (Å²) in [4.78, 5) is 36.7. The van der Waals surface area contributed by atoms with Gasteiger partial charge in [0.2, 0.25) is 0 Å². The number of nitrogens with one attached hydrogen (secondary N) is 2. The summed E-state index contributed by atoms with van der Waals surface area (Å²) in [5, 5.41) is 12.2. The number of methoxy groups -OCH3 is 1. The monoisotopic (exact) mass is 290 g/mol. The summed E-state index contributed by atoms with van der Waals surface area (Å²) < 4.78 is 4.25. The minimum atomic E-state index is -1.22. The van der Waals surface area contributed by atoms with Crippen molar-refractivity contribution in [1.29, 1.82) is 0 Å². The molecule has 3 N–H and O–H groups in total. The molecule has 0 aliphatic rings. The number of rotatable bonds is 4. The number of aromatic nitrogens is 1. The van der Waals surface area contributed by atoms with E-state index in [0.717, 1.165) is 23.6 Å². The van der Waals surface area contributed by atoms with Crippen molar-refractivity contribution in [3.05, 3.63) is 36.0 Å². The summed E-state index contributed by atoms with van der Waals surface area (Å²) in [6.45, 7) is 0. The van der Waals surface area contributed by atoms with E-state index in [4.69, 9.17) is 0 Å². The fraction of sp³-hybridized carbons (Fsp3) is 0.214. The first-order chi connectivity index (χ1) is 10.0. The van der Waals surface area contributed by atoms with Crippen molar-refractivity contribution in [2.75, 3.05) is 7.11 Å². The highest BCUT2D eigenvalue weighted by Gasteiger charge is 2.25. The Morgan fingerprint density at radius 3 is 2.71 bits per heavy atom. The third-order valence-corrected chi connectivity index (χ3v) is 3.07. The number of H-pyrrole nitrogens is 1. The molecule has 0 bridgehead atoms. The highest BCUT2D eigenvalue weighted by Crippen LogP contribution is 2.19. The van der Waals surface area contributed by atoms with Crippen LogP contribution in [-0.4, -0.2) is 41.1 Å². The number of aromatic amines is 1. The van der Waals surface area contributed by atoms with Gasteiger partial charge in [-0.05, 0) is 11.6 Å². The molecule has 7 heteroatoms. The molecule has 0 spiro atoms. The van der Waals surface area contributed by atoms with Crippen molar-refractivity contribution in [1.82, 2.24) is 10.3 Å². The Hall–Kier alpha value is -2.83. The number of ether oxygens (including phenoxy) is 1. The quantitative estimate of drug-likeness (QED) is 0.559. The van der Waals surface area contributed by atoms with Gasteiger partial charge in [-0.2, -0.15) is 0 Å². The summed E-state index contributed by atoms with van der Waals surface area (Å²) in [5.74, 6) is -3.43. The SMILES string of the molecule is COC(=O)C(=O)N[C@@H](Cc1c[nH]c2ccccc12)C(=O)O. The molecule has 0 aliphatic heterocycles. The van der Waals surface area contributed by atoms with Gasteiger partial charge in [-0.25, -0.2) is 9.59 Å². The van der Waals surface area contributed by atoms with Gasteiger partial charge >= 0.3 is 17.8 Å². The average molecular weight is 290 g/mol. The van der Waals surface area contributed by atoms with Crippen molar-refractivity contribution in [3.8, 4) is 0 Å². The first-order valence-corrected chi connectivity index (χ1v) is 6.19. The van der Waals surface area contributed by atoms with E-state index in [0.29, 0.717) is 0 Å². The molecule has 7 nitrogen and oxygen atoms in total. The molecule has 0 radical (unpaired) electrons. The Morgan fingerprint density at radius 1 is 1.33 bits per heavy atom. The summed E-state index contributed by atoms with van der Waals surface area (Å²) in [6.07, 6.45) is 1.74. The van der Waals surface area contributed by atoms with Gasteiger partial charge in [0, 0.05) is 23.5 Å². The Bertz CT molecular complexity index is 691. The van der Waals surface area contributed by atoms with Gasteiger partial charge in [0.05, 0.1) is 7.11 Å². The molecule has 1 amide bonds. The number of aliphatic carboxylic acids is 1. The molecular weight excluding hydrogens is 276 g/mol. The molecule has 1 atom stereocenters. The van der Waals surface area contributed by atoms with Gasteiger partial charge in [-0.1, -0.05) is 18.2 Å². The second-order valence-electron chi connectivity index (χ2n) is 4.42. The van der Waals surface area contributed by atoms with E-state index in [1.165, 1.54) is 0 Å². The third-order valence-electron chi connectivity index (χ3n) is 3.07. The van der Waals surface area contributed by atoms with Gasteiger partial charge in [-0.3, -0.25) is 4.79 Å². The molecule has 110 valence electrons. The predicted octanol–water partition coefficient (Wildman–Crippen LogP) is 0.453. The molecule has 1 heterocycles. The van der Waals surface area contributed by atoms with Gasteiger partial charge in [0.15, 0.2) is 0 Å². The van der Waals surface area contributed by atoms with E-state index in [9.17, 15) is 19.5 Å². The fourth-order valence-electron chi connectivity index (χ4n) is 2.03. The molecule has 1 aromatic heterocycles. The molecular formula is C14H14N2O5. The number of amides is 1. The lowest BCUT2D eigenvalue weighted by molar-refractivity contribution is -0.154. The maximum absolute atomic E-state index is 11.4. The zero-order chi connectivity index (χ0) is 15.4. The van der Waals surface area contributed by atoms with Crippen LogP contribution in [0.5, 0.6) is 0 Å². The number of para-hydroxylation sites is 1. The van der Waals surface area contributed by atoms with Crippen LogP contribution in [0.2, 0.25) is 0 Å². The van der Waals surface area contributed by atoms with E-state index >= 15 is 0 Å². The van der Waals surface area contributed by atoms with Crippen LogP contribution >= 0.6 is 0 Å². The van der Waals surface area contributed by atoms with Crippen LogP contribution in [0.15, 0.2) is 30.5 Å². The van der Waals surface area contributed by atoms with Gasteiger partial charge in [-0.15, -0.1) is 0 Å². The number of carboxylic acids is 1. The second kappa shape index (κ2) is 6.08. The van der Waals surface area contributed by atoms with Crippen LogP contribution in [0, 0.1) is 0 Å². The molecule has 0 saturated heterocycles. The summed E-state index contributed by atoms with van der Waals surface area (Å²) in [7, 11) is 1.05. The molecule has 21 heavy (non-hydrogen) atoms. The van der Waals surface area contributed by atoms with E-state index in [1.807, 2.05) is 24.3 Å². The lowest BCUT2D eigenvalue weighted by Crippen LogP contribution is -2.45. The van der Waals surface area contributed by atoms with Crippen molar-refractivity contribution in [2.45, 2.75) is 12.5 Å². The number of esters is 1. The highest BCUT2D eigenvalue weighted by molar-refractivity contribution is 6.32. The molecule has 0 unspecified atom stereocenters. The largest absolute Gasteiger partial charge is 0.480 e. The van der Waals surface area contributed by atoms with Gasteiger partial charge in [0.25, 0.3) is 0 Å². The van der Waals surface area contributed by atoms with Crippen molar-refractivity contribution < 1.29 is 24.2 Å². The lowest BCUT2D eigenvalue weighted by Gasteiger charge is -2.13. The Morgan fingerprint density at radius 2 is 2.05 bits per heavy atom. The zero-order valence-electron chi connectivity index (χ0n) is 11.3. The molecule has 0 fully saturated rings. The fourth-order valence-corrected chi connectivity index (χ4v) is 2.03. The number of carbonyl (C=O) groups is 3. The minimum Gasteiger partial charge on any atom is -0.480 e. The molecule has 2 aromatic rings. The number of hydrogen-bond donors (Lipinski definition) is 3. The number of carboxylic acid groups (broad SMARTS) is 1. The first-order valence-electron chi connectivity index (χ1n) is 6.19. The third kappa shape index (κ3) is 3.19. The van der Waals surface area contributed by atoms with Crippen molar-refractivity contribution in [2.24, 2.45) is 0 Å². The van der Waals surface area contributed by atoms with E-state index in [-0.39, 0.29) is 6.42 Å². The lowest BCUT2D eigenvalue weighted by atomic mass is 10.1. The van der Waals surface area contributed by atoms with Crippen LogP contribution in [0.25, 0.3) is 10.9 Å². The Labute approximate surface area is 119 Å². The molecule has 0 aliphatic carbocycles. The van der Waals surface area contributed by atoms with E-state index in [2.05, 4.69) is 15.0 Å². The normalized spacial score (nSPS) is 11.9. The number of carbonyl (C=O) groups excluding carboxylic acids is 2. The van der Waals surface area contributed by atoms with Crippen LogP contribution in [0.4, 0.5) is 0 Å². The molecule has 1 aromatic carbocycles. The highest BCUT2D eigenvalue weighted by atomic mass is 16.5. The van der Waals surface area contributed by atoms with Gasteiger partial charge in [0.1, 0.15) is 6.04 Å². The maximum Gasteiger partial charge on any atom is 0.396 e. The van der Waals surface area contributed by atoms with Crippen LogP contribution in [-0.2, 0) is 25.5 Å². The minimum absolute atomic E-state index is 0.0576. The topological polar surface area (TPSA) is 108 Å². The molecule has 0 saturated carbocycles. The maximum atomic E-state index is 11.4. The summed E-state index contributed by atoms with van der Waals surface area (Å²) >= 11 is 0. The number of hydrogen-bond acceptors (Lipinski definition) is 4. The Balaban J connectivity index is 2.18. The van der Waals surface area contributed by atoms with E-state index in [1.54, 1.807) is 6.20 Å². The second-order valence-corrected chi connectivity index (χ2v) is 4.42. The Kier molecular flexibility index (Phi) is 4.22. The molecule has 2 rings (SSSR count). The number of fused-ring (bicyclic) bond motifs is 1. The van der Waals surface area contributed by atoms with E-state index < -0.39 is 23.9 Å². The van der Waals surface area contributed by atoms with Crippen LogP contribution < -0.4 is 5.32 Å². The average Bonchev–Trinajstić information content (AvgIpc) is 2.88. The first kappa shape index (κ1) is 14.6. The smallest absolute Gasteiger partial charge is 0.396 e. The predicted molar refractivity (Wildman–Crippen MR) is 73.6 cm³/mol. The van der Waals surface area contributed by atoms with Gasteiger partial charge < -0.3 is 20.1 Å². The summed E-state index contributed by atoms with van der Waals surface area (Å²) in [5.41, 5.74) is 1.61. The standard InChI is InChI=1S/C14H14N2O5/c1-21-14(20)12(17)16-11(13(18)19)6-8-7-15-10-5-3-2-4-9(8)10/h2-5,7,11,15H,6H2,1H3,(H,16,17)(H,18,19)/t11-/m0/s1. The van der Waals surface area contributed by atoms with Crippen LogP contribution in [0.3, 0.4) is 0 Å². The van der Waals surface area contributed by atoms with Crippen molar-refractivity contribution in [3.63, 3.8) is 0 Å². The zero-order valence-corrected chi connectivity index (χ0v) is 11.3. The van der Waals surface area contributed by atoms with Crippen molar-refractivity contribution >= 4 is 28.7 Å². The van der Waals surface area contributed by atoms with Crippen LogP contribution in [0.1, 0.15) is 5.56 Å². The summed E-state index contributed by atoms with van der Waals surface area (Å²) in [6, 6.07) is 6.19. The number of benzene rings is 1.